The zero-order valence-electron chi connectivity index (χ0n) is 9.94. The Kier molecular flexibility index (Phi) is 3.64. The summed E-state index contributed by atoms with van der Waals surface area (Å²) in [6.45, 7) is 2.99. The number of aryl methyl sites for hydroxylation is 1. The first-order valence-electron chi connectivity index (χ1n) is 5.81. The normalized spacial score (nSPS) is 19.2. The predicted molar refractivity (Wildman–Crippen MR) is 64.8 cm³/mol. The van der Waals surface area contributed by atoms with Gasteiger partial charge in [0.2, 0.25) is 0 Å². The maximum atomic E-state index is 11.7. The van der Waals surface area contributed by atoms with Crippen molar-refractivity contribution in [2.24, 2.45) is 0 Å². The monoisotopic (exact) mass is 235 g/mol. The van der Waals surface area contributed by atoms with Gasteiger partial charge in [-0.1, -0.05) is 6.07 Å². The molecule has 0 aromatic heterocycles. The number of benzene rings is 1. The molecule has 0 bridgehead atoms. The lowest BCUT2D eigenvalue weighted by molar-refractivity contribution is 0.0161. The Morgan fingerprint density at radius 2 is 2.41 bits per heavy atom. The number of ether oxygens (including phenoxy) is 2. The highest BCUT2D eigenvalue weighted by Gasteiger charge is 2.18. The first-order chi connectivity index (χ1) is 8.16. The van der Waals surface area contributed by atoms with Gasteiger partial charge in [0, 0.05) is 12.3 Å². The van der Waals surface area contributed by atoms with E-state index in [4.69, 9.17) is 15.2 Å². The van der Waals surface area contributed by atoms with Crippen LogP contribution in [0.15, 0.2) is 18.2 Å². The lowest BCUT2D eigenvalue weighted by Crippen LogP contribution is -2.18. The van der Waals surface area contributed by atoms with Crippen molar-refractivity contribution >= 4 is 11.7 Å². The second-order valence-electron chi connectivity index (χ2n) is 4.30. The molecule has 4 nitrogen and oxygen atoms in total. The third-order valence-electron chi connectivity index (χ3n) is 2.94. The van der Waals surface area contributed by atoms with E-state index in [1.54, 1.807) is 12.1 Å². The molecule has 1 aromatic carbocycles. The molecule has 1 atom stereocenters. The fourth-order valence-electron chi connectivity index (χ4n) is 1.80. The van der Waals surface area contributed by atoms with Crippen LogP contribution in [0, 0.1) is 6.92 Å². The van der Waals surface area contributed by atoms with Crippen molar-refractivity contribution in [2.45, 2.75) is 25.9 Å². The molecule has 1 fully saturated rings. The highest BCUT2D eigenvalue weighted by molar-refractivity contribution is 5.90. The van der Waals surface area contributed by atoms with Crippen LogP contribution in [-0.2, 0) is 9.47 Å². The maximum Gasteiger partial charge on any atom is 0.338 e. The maximum absolute atomic E-state index is 11.7. The molecule has 0 radical (unpaired) electrons. The van der Waals surface area contributed by atoms with Crippen molar-refractivity contribution in [3.63, 3.8) is 0 Å². The van der Waals surface area contributed by atoms with Crippen LogP contribution in [0.4, 0.5) is 5.69 Å². The first-order valence-corrected chi connectivity index (χ1v) is 5.81. The molecule has 4 heteroatoms. The largest absolute Gasteiger partial charge is 0.459 e. The summed E-state index contributed by atoms with van der Waals surface area (Å²) in [5.41, 5.74) is 7.80. The van der Waals surface area contributed by atoms with Crippen LogP contribution in [-0.4, -0.2) is 25.3 Å². The van der Waals surface area contributed by atoms with Crippen molar-refractivity contribution in [1.82, 2.24) is 0 Å². The molecular formula is C13H17NO3. The third-order valence-corrected chi connectivity index (χ3v) is 2.94. The average Bonchev–Trinajstić information content (AvgIpc) is 2.82. The van der Waals surface area contributed by atoms with Gasteiger partial charge in [-0.2, -0.15) is 0 Å². The fourth-order valence-corrected chi connectivity index (χ4v) is 1.80. The van der Waals surface area contributed by atoms with Gasteiger partial charge in [-0.15, -0.1) is 0 Å². The molecule has 92 valence electrons. The van der Waals surface area contributed by atoms with Gasteiger partial charge < -0.3 is 15.2 Å². The summed E-state index contributed by atoms with van der Waals surface area (Å²) < 4.78 is 10.6. The van der Waals surface area contributed by atoms with E-state index in [1.807, 2.05) is 13.0 Å². The lowest BCUT2D eigenvalue weighted by Gasteiger charge is -2.10. The topological polar surface area (TPSA) is 61.5 Å². The summed E-state index contributed by atoms with van der Waals surface area (Å²) >= 11 is 0. The Balaban J connectivity index is 1.92. The zero-order chi connectivity index (χ0) is 12.3. The Morgan fingerprint density at radius 1 is 1.59 bits per heavy atom. The molecule has 2 rings (SSSR count). The summed E-state index contributed by atoms with van der Waals surface area (Å²) in [5.74, 6) is -0.341. The molecule has 0 spiro atoms. The van der Waals surface area contributed by atoms with Crippen LogP contribution >= 0.6 is 0 Å². The van der Waals surface area contributed by atoms with Gasteiger partial charge in [0.25, 0.3) is 0 Å². The summed E-state index contributed by atoms with van der Waals surface area (Å²) in [7, 11) is 0. The highest BCUT2D eigenvalue weighted by atomic mass is 16.6. The number of anilines is 1. The number of carbonyl (C=O) groups excluding carboxylic acids is 1. The smallest absolute Gasteiger partial charge is 0.338 e. The van der Waals surface area contributed by atoms with E-state index >= 15 is 0 Å². The number of rotatable bonds is 3. The molecule has 0 aliphatic carbocycles. The summed E-state index contributed by atoms with van der Waals surface area (Å²) in [4.78, 5) is 11.7. The second-order valence-corrected chi connectivity index (χ2v) is 4.30. The number of esters is 1. The molecule has 1 aromatic rings. The van der Waals surface area contributed by atoms with Crippen LogP contribution in [0.1, 0.15) is 28.8 Å². The minimum absolute atomic E-state index is 0.0572. The molecule has 1 saturated heterocycles. The average molecular weight is 235 g/mol. The molecule has 1 heterocycles. The molecule has 2 N–H and O–H groups in total. The SMILES string of the molecule is Cc1ccc(C(=O)OCC2CCCO2)cc1N. The number of nitrogens with two attached hydrogens (primary N) is 1. The van der Waals surface area contributed by atoms with Crippen LogP contribution in [0.3, 0.4) is 0 Å². The predicted octanol–water partition coefficient (Wildman–Crippen LogP) is 1.91. The summed E-state index contributed by atoms with van der Waals surface area (Å²) in [5, 5.41) is 0. The van der Waals surface area contributed by atoms with Crippen LogP contribution in [0.5, 0.6) is 0 Å². The highest BCUT2D eigenvalue weighted by Crippen LogP contribution is 2.15. The second kappa shape index (κ2) is 5.19. The minimum atomic E-state index is -0.341. The Morgan fingerprint density at radius 3 is 3.06 bits per heavy atom. The van der Waals surface area contributed by atoms with Crippen molar-refractivity contribution in [3.8, 4) is 0 Å². The van der Waals surface area contributed by atoms with Gasteiger partial charge >= 0.3 is 5.97 Å². The van der Waals surface area contributed by atoms with Crippen LogP contribution < -0.4 is 5.73 Å². The Hall–Kier alpha value is -1.55. The quantitative estimate of drug-likeness (QED) is 0.642. The van der Waals surface area contributed by atoms with E-state index in [-0.39, 0.29) is 12.1 Å². The van der Waals surface area contributed by atoms with Crippen molar-refractivity contribution in [2.75, 3.05) is 18.9 Å². The first kappa shape index (κ1) is 11.9. The van der Waals surface area contributed by atoms with Crippen LogP contribution in [0.2, 0.25) is 0 Å². The third kappa shape index (κ3) is 2.97. The van der Waals surface area contributed by atoms with Crippen LogP contribution in [0.25, 0.3) is 0 Å². The van der Waals surface area contributed by atoms with Gasteiger partial charge in [-0.25, -0.2) is 4.79 Å². The number of nitrogen functional groups attached to an aromatic ring is 1. The van der Waals surface area contributed by atoms with E-state index in [0.29, 0.717) is 17.9 Å². The van der Waals surface area contributed by atoms with Gasteiger partial charge in [0.1, 0.15) is 6.61 Å². The van der Waals surface area contributed by atoms with Gasteiger partial charge in [0.15, 0.2) is 0 Å². The number of hydrogen-bond acceptors (Lipinski definition) is 4. The molecule has 0 saturated carbocycles. The standard InChI is InChI=1S/C13H17NO3/c1-9-4-5-10(7-12(9)14)13(15)17-8-11-3-2-6-16-11/h4-5,7,11H,2-3,6,8,14H2,1H3. The van der Waals surface area contributed by atoms with Crippen molar-refractivity contribution < 1.29 is 14.3 Å². The molecular weight excluding hydrogens is 218 g/mol. The number of carbonyl (C=O) groups is 1. The van der Waals surface area contributed by atoms with E-state index in [0.717, 1.165) is 25.0 Å². The summed E-state index contributed by atoms with van der Waals surface area (Å²) in [6.07, 6.45) is 2.06. The van der Waals surface area contributed by atoms with E-state index in [1.165, 1.54) is 0 Å². The van der Waals surface area contributed by atoms with Crippen molar-refractivity contribution in [3.05, 3.63) is 29.3 Å². The molecule has 17 heavy (non-hydrogen) atoms. The molecule has 1 unspecified atom stereocenters. The van der Waals surface area contributed by atoms with Gasteiger partial charge in [-0.3, -0.25) is 0 Å². The van der Waals surface area contributed by atoms with Crippen molar-refractivity contribution in [1.29, 1.82) is 0 Å². The molecule has 1 aliphatic heterocycles. The molecule has 1 aliphatic rings. The van der Waals surface area contributed by atoms with E-state index < -0.39 is 0 Å². The lowest BCUT2D eigenvalue weighted by atomic mass is 10.1. The van der Waals surface area contributed by atoms with Gasteiger partial charge in [0.05, 0.1) is 11.7 Å². The minimum Gasteiger partial charge on any atom is -0.459 e. The zero-order valence-corrected chi connectivity index (χ0v) is 9.94. The number of hydrogen-bond donors (Lipinski definition) is 1. The molecule has 0 amide bonds. The summed E-state index contributed by atoms with van der Waals surface area (Å²) in [6, 6.07) is 5.19. The van der Waals surface area contributed by atoms with Gasteiger partial charge in [-0.05, 0) is 37.5 Å². The van der Waals surface area contributed by atoms with E-state index in [2.05, 4.69) is 0 Å². The van der Waals surface area contributed by atoms with E-state index in [9.17, 15) is 4.79 Å². The Bertz CT molecular complexity index is 411. The fraction of sp³-hybridized carbons (Fsp3) is 0.462. The Labute approximate surface area is 101 Å².